The van der Waals surface area contributed by atoms with Crippen molar-refractivity contribution in [3.63, 3.8) is 0 Å². The zero-order valence-corrected chi connectivity index (χ0v) is 15.8. The van der Waals surface area contributed by atoms with Crippen molar-refractivity contribution in [3.8, 4) is 12.1 Å². The monoisotopic (exact) mass is 384 g/mol. The summed E-state index contributed by atoms with van der Waals surface area (Å²) in [5, 5.41) is 17.9. The predicted octanol–water partition coefficient (Wildman–Crippen LogP) is 2.04. The lowest BCUT2D eigenvalue weighted by molar-refractivity contribution is -0.133. The van der Waals surface area contributed by atoms with Gasteiger partial charge in [-0.15, -0.1) is 0 Å². The molecule has 0 aliphatic carbocycles. The molecule has 0 radical (unpaired) electrons. The zero-order valence-electron chi connectivity index (χ0n) is 15.8. The van der Waals surface area contributed by atoms with Crippen LogP contribution >= 0.6 is 0 Å². The average Bonchev–Trinajstić information content (AvgIpc) is 2.76. The number of ketones is 1. The summed E-state index contributed by atoms with van der Waals surface area (Å²) in [6.45, 7) is 0.431. The first-order chi connectivity index (χ1) is 14.0. The van der Waals surface area contributed by atoms with E-state index in [-0.39, 0.29) is 30.7 Å². The van der Waals surface area contributed by atoms with Crippen LogP contribution in [0.5, 0.6) is 0 Å². The number of nitrogens with two attached hydrogens (primary N) is 1. The van der Waals surface area contributed by atoms with Crippen LogP contribution in [-0.2, 0) is 16.0 Å². The Kier molecular flexibility index (Phi) is 6.19. The molecular formula is C23H20N4O2. The lowest BCUT2D eigenvalue weighted by atomic mass is 9.86. The second kappa shape index (κ2) is 8.97. The Morgan fingerprint density at radius 3 is 2.21 bits per heavy atom. The number of carbonyl (C=O) groups is 2. The molecule has 0 bridgehead atoms. The van der Waals surface area contributed by atoms with E-state index >= 15 is 0 Å². The van der Waals surface area contributed by atoms with E-state index in [9.17, 15) is 9.59 Å². The van der Waals surface area contributed by atoms with Gasteiger partial charge in [0.25, 0.3) is 0 Å². The first-order valence-electron chi connectivity index (χ1n) is 9.26. The lowest BCUT2D eigenvalue weighted by Gasteiger charge is -2.33. The number of hydrogen-bond donors (Lipinski definition) is 1. The summed E-state index contributed by atoms with van der Waals surface area (Å²) in [5.74, 6) is -0.579. The number of amides is 1. The summed E-state index contributed by atoms with van der Waals surface area (Å²) in [4.78, 5) is 26.9. The molecule has 1 saturated heterocycles. The van der Waals surface area contributed by atoms with Crippen LogP contribution in [0.25, 0.3) is 6.08 Å². The van der Waals surface area contributed by atoms with Crippen LogP contribution in [0, 0.1) is 28.6 Å². The number of benzene rings is 2. The van der Waals surface area contributed by atoms with Crippen molar-refractivity contribution in [2.24, 2.45) is 11.7 Å². The van der Waals surface area contributed by atoms with Crippen molar-refractivity contribution in [3.05, 3.63) is 76.4 Å². The van der Waals surface area contributed by atoms with Crippen molar-refractivity contribution in [1.29, 1.82) is 10.5 Å². The molecule has 6 heteroatoms. The Bertz CT molecular complexity index is 1020. The van der Waals surface area contributed by atoms with Gasteiger partial charge in [-0.25, -0.2) is 0 Å². The summed E-state index contributed by atoms with van der Waals surface area (Å²) in [6, 6.07) is 18.2. The van der Waals surface area contributed by atoms with E-state index < -0.39 is 0 Å². The molecule has 6 nitrogen and oxygen atoms in total. The van der Waals surface area contributed by atoms with Crippen LogP contribution < -0.4 is 5.73 Å². The molecule has 2 N–H and O–H groups in total. The minimum atomic E-state index is -0.378. The Hall–Kier alpha value is -3.74. The molecule has 1 heterocycles. The van der Waals surface area contributed by atoms with Gasteiger partial charge in [0, 0.05) is 24.6 Å². The highest BCUT2D eigenvalue weighted by atomic mass is 16.2. The Labute approximate surface area is 169 Å². The third kappa shape index (κ3) is 4.76. The van der Waals surface area contributed by atoms with Crippen LogP contribution in [-0.4, -0.2) is 36.2 Å². The van der Waals surface area contributed by atoms with Crippen molar-refractivity contribution in [2.45, 2.75) is 6.42 Å². The van der Waals surface area contributed by atoms with Gasteiger partial charge in [0.1, 0.15) is 0 Å². The van der Waals surface area contributed by atoms with Gasteiger partial charge in [0.15, 0.2) is 5.78 Å². The molecule has 1 unspecified atom stereocenters. The number of rotatable bonds is 4. The summed E-state index contributed by atoms with van der Waals surface area (Å²) in [6.07, 6.45) is 2.24. The number of nitriles is 2. The van der Waals surface area contributed by atoms with Gasteiger partial charge < -0.3 is 10.6 Å². The number of likely N-dealkylation sites (tertiary alicyclic amines) is 1. The van der Waals surface area contributed by atoms with E-state index in [0.717, 1.165) is 11.1 Å². The maximum Gasteiger partial charge on any atom is 0.236 e. The molecule has 1 aliphatic heterocycles. The quantitative estimate of drug-likeness (QED) is 0.811. The molecule has 29 heavy (non-hydrogen) atoms. The highest BCUT2D eigenvalue weighted by molar-refractivity contribution is 6.03. The minimum absolute atomic E-state index is 0.000194. The minimum Gasteiger partial charge on any atom is -0.336 e. The lowest BCUT2D eigenvalue weighted by Crippen LogP contribution is -2.48. The summed E-state index contributed by atoms with van der Waals surface area (Å²) in [7, 11) is 0. The van der Waals surface area contributed by atoms with E-state index in [1.54, 1.807) is 47.4 Å². The second-order valence-electron chi connectivity index (χ2n) is 6.96. The number of piperidine rings is 1. The van der Waals surface area contributed by atoms with Crippen molar-refractivity contribution in [2.75, 3.05) is 19.6 Å². The van der Waals surface area contributed by atoms with Gasteiger partial charge in [0.2, 0.25) is 5.91 Å². The molecule has 144 valence electrons. The highest BCUT2D eigenvalue weighted by Gasteiger charge is 2.33. The third-order valence-electron chi connectivity index (χ3n) is 4.96. The molecule has 1 fully saturated rings. The van der Waals surface area contributed by atoms with Gasteiger partial charge in [-0.1, -0.05) is 24.3 Å². The molecule has 0 spiro atoms. The van der Waals surface area contributed by atoms with Gasteiger partial charge in [-0.2, -0.15) is 10.5 Å². The molecule has 0 saturated carbocycles. The smallest absolute Gasteiger partial charge is 0.236 e. The van der Waals surface area contributed by atoms with Gasteiger partial charge in [-0.3, -0.25) is 9.59 Å². The number of Topliss-reactive ketones (excluding diaryl/α,β-unsaturated/α-hetero) is 1. The fourth-order valence-electron chi connectivity index (χ4n) is 3.41. The maximum atomic E-state index is 13.1. The molecule has 1 aliphatic rings. The van der Waals surface area contributed by atoms with E-state index in [1.165, 1.54) is 0 Å². The zero-order chi connectivity index (χ0) is 20.8. The normalized spacial score (nSPS) is 17.6. The second-order valence-corrected chi connectivity index (χ2v) is 6.96. The fraction of sp³-hybridized carbons (Fsp3) is 0.217. The van der Waals surface area contributed by atoms with Crippen molar-refractivity contribution >= 4 is 17.8 Å². The molecule has 2 aromatic rings. The van der Waals surface area contributed by atoms with Crippen LogP contribution in [0.15, 0.2) is 54.1 Å². The Morgan fingerprint density at radius 2 is 1.66 bits per heavy atom. The Morgan fingerprint density at radius 1 is 1.07 bits per heavy atom. The van der Waals surface area contributed by atoms with Gasteiger partial charge >= 0.3 is 0 Å². The standard InChI is InChI=1S/C23H20N4O2/c24-11-18-5-1-16(2-6-18)9-20-14-27(22(28)13-26)15-21(23(20)29)10-17-3-7-19(12-25)8-4-17/h1-9,21H,10,13-15,26H2/b20-9+. The topological polar surface area (TPSA) is 111 Å². The van der Waals surface area contributed by atoms with Gasteiger partial charge in [-0.05, 0) is 47.9 Å². The molecule has 0 aromatic heterocycles. The molecule has 2 aromatic carbocycles. The maximum absolute atomic E-state index is 13.1. The van der Waals surface area contributed by atoms with E-state index in [2.05, 4.69) is 12.1 Å². The van der Waals surface area contributed by atoms with E-state index in [1.807, 2.05) is 12.1 Å². The van der Waals surface area contributed by atoms with Crippen molar-refractivity contribution < 1.29 is 9.59 Å². The third-order valence-corrected chi connectivity index (χ3v) is 4.96. The summed E-state index contributed by atoms with van der Waals surface area (Å²) < 4.78 is 0. The van der Waals surface area contributed by atoms with Crippen LogP contribution in [0.3, 0.4) is 0 Å². The Balaban J connectivity index is 1.87. The molecule has 1 atom stereocenters. The average molecular weight is 384 g/mol. The predicted molar refractivity (Wildman–Crippen MR) is 108 cm³/mol. The molecule has 1 amide bonds. The van der Waals surface area contributed by atoms with Gasteiger partial charge in [0.05, 0.1) is 29.8 Å². The SMILES string of the molecule is N#Cc1ccc(/C=C2\CN(C(=O)CN)CC(Cc3ccc(C#N)cc3)C2=O)cc1. The summed E-state index contributed by atoms with van der Waals surface area (Å²) >= 11 is 0. The molecular weight excluding hydrogens is 364 g/mol. The first-order valence-corrected chi connectivity index (χ1v) is 9.26. The van der Waals surface area contributed by atoms with Crippen LogP contribution in [0.2, 0.25) is 0 Å². The fourth-order valence-corrected chi connectivity index (χ4v) is 3.41. The van der Waals surface area contributed by atoms with E-state index in [0.29, 0.717) is 29.7 Å². The first kappa shape index (κ1) is 20.0. The highest BCUT2D eigenvalue weighted by Crippen LogP contribution is 2.24. The van der Waals surface area contributed by atoms with Crippen LogP contribution in [0.1, 0.15) is 22.3 Å². The van der Waals surface area contributed by atoms with E-state index in [4.69, 9.17) is 16.3 Å². The summed E-state index contributed by atoms with van der Waals surface area (Å²) in [5.41, 5.74) is 8.92. The number of carbonyl (C=O) groups excluding carboxylic acids is 2. The number of hydrogen-bond acceptors (Lipinski definition) is 5. The van der Waals surface area contributed by atoms with Crippen molar-refractivity contribution in [1.82, 2.24) is 4.90 Å². The molecule has 3 rings (SSSR count). The van der Waals surface area contributed by atoms with Crippen LogP contribution in [0.4, 0.5) is 0 Å². The number of nitrogens with zero attached hydrogens (tertiary/aromatic N) is 3. The largest absolute Gasteiger partial charge is 0.336 e.